The second-order valence-electron chi connectivity index (χ2n) is 5.33. The van der Waals surface area contributed by atoms with Crippen molar-refractivity contribution in [2.24, 2.45) is 0 Å². The highest BCUT2D eigenvalue weighted by molar-refractivity contribution is 6.73. The lowest BCUT2D eigenvalue weighted by molar-refractivity contribution is 0.140. The molecule has 0 spiro atoms. The largest absolute Gasteiger partial charge is 0.414 e. The fourth-order valence-corrected chi connectivity index (χ4v) is 7.12. The number of ether oxygens (including phenoxy) is 1. The van der Waals surface area contributed by atoms with Crippen LogP contribution < -0.4 is 0 Å². The van der Waals surface area contributed by atoms with E-state index in [1.165, 1.54) is 56.7 Å². The first-order valence-corrected chi connectivity index (χ1v) is 10.4. The normalized spacial score (nSPS) is 12.0. The summed E-state index contributed by atoms with van der Waals surface area (Å²) in [6.45, 7) is 8.41. The van der Waals surface area contributed by atoms with Gasteiger partial charge in [-0.15, -0.1) is 0 Å². The minimum Gasteiger partial charge on any atom is -0.414 e. The van der Waals surface area contributed by atoms with Gasteiger partial charge in [-0.3, -0.25) is 0 Å². The van der Waals surface area contributed by atoms with Gasteiger partial charge in [0.15, 0.2) is 8.32 Å². The van der Waals surface area contributed by atoms with Crippen molar-refractivity contribution in [2.45, 2.75) is 77.4 Å². The Morgan fingerprint density at radius 3 is 1.50 bits per heavy atom. The molecule has 3 heteroatoms. The van der Waals surface area contributed by atoms with Crippen LogP contribution >= 0.6 is 0 Å². The molecule has 0 fully saturated rings. The minimum absolute atomic E-state index is 0.749. The van der Waals surface area contributed by atoms with Crippen molar-refractivity contribution < 1.29 is 9.16 Å². The molecule has 0 aliphatic heterocycles. The zero-order valence-corrected chi connectivity index (χ0v) is 14.1. The van der Waals surface area contributed by atoms with Crippen LogP contribution in [0.3, 0.4) is 0 Å². The molecule has 0 amide bonds. The van der Waals surface area contributed by atoms with Crippen molar-refractivity contribution in [1.29, 1.82) is 0 Å². The summed E-state index contributed by atoms with van der Waals surface area (Å²) < 4.78 is 11.5. The van der Waals surface area contributed by atoms with E-state index < -0.39 is 8.32 Å². The van der Waals surface area contributed by atoms with Gasteiger partial charge in [-0.1, -0.05) is 59.3 Å². The Hall–Kier alpha value is 0.137. The second-order valence-corrected chi connectivity index (χ2v) is 9.49. The maximum absolute atomic E-state index is 6.39. The molecule has 0 heterocycles. The standard InChI is InChI=1S/C15H34O2Si/c1-5-8-13-18(14-9-6-2,15-10-7-3)17-12-11-16-4/h5-15H2,1-4H3. The maximum atomic E-state index is 6.39. The molecule has 0 aromatic carbocycles. The molecule has 0 bridgehead atoms. The van der Waals surface area contributed by atoms with E-state index in [0.717, 1.165) is 13.2 Å². The summed E-state index contributed by atoms with van der Waals surface area (Å²) >= 11 is 0. The molecule has 0 saturated carbocycles. The molecule has 0 unspecified atom stereocenters. The smallest absolute Gasteiger partial charge is 0.192 e. The van der Waals surface area contributed by atoms with Crippen LogP contribution in [-0.2, 0) is 9.16 Å². The van der Waals surface area contributed by atoms with Gasteiger partial charge in [0.2, 0.25) is 0 Å². The van der Waals surface area contributed by atoms with Crippen molar-refractivity contribution in [3.63, 3.8) is 0 Å². The van der Waals surface area contributed by atoms with E-state index >= 15 is 0 Å². The minimum atomic E-state index is -1.48. The number of methoxy groups -OCH3 is 1. The molecule has 18 heavy (non-hydrogen) atoms. The fraction of sp³-hybridized carbons (Fsp3) is 1.00. The number of rotatable bonds is 13. The molecule has 0 aromatic heterocycles. The lowest BCUT2D eigenvalue weighted by atomic mass is 10.4. The van der Waals surface area contributed by atoms with Crippen LogP contribution in [0.2, 0.25) is 18.1 Å². The Morgan fingerprint density at radius 1 is 0.722 bits per heavy atom. The van der Waals surface area contributed by atoms with Crippen LogP contribution in [0.5, 0.6) is 0 Å². The van der Waals surface area contributed by atoms with Crippen molar-refractivity contribution >= 4 is 8.32 Å². The van der Waals surface area contributed by atoms with E-state index in [-0.39, 0.29) is 0 Å². The average Bonchev–Trinajstić information content (AvgIpc) is 2.40. The number of unbranched alkanes of at least 4 members (excludes halogenated alkanes) is 3. The van der Waals surface area contributed by atoms with Crippen molar-refractivity contribution in [3.8, 4) is 0 Å². The van der Waals surface area contributed by atoms with E-state index in [1.54, 1.807) is 7.11 Å². The summed E-state index contributed by atoms with van der Waals surface area (Å²) in [4.78, 5) is 0. The Labute approximate surface area is 116 Å². The van der Waals surface area contributed by atoms with Gasteiger partial charge in [-0.25, -0.2) is 0 Å². The third kappa shape index (κ3) is 8.28. The predicted octanol–water partition coefficient (Wildman–Crippen LogP) is 5.00. The van der Waals surface area contributed by atoms with Gasteiger partial charge in [-0.2, -0.15) is 0 Å². The molecule has 0 aromatic rings. The van der Waals surface area contributed by atoms with E-state index in [4.69, 9.17) is 9.16 Å². The summed E-state index contributed by atoms with van der Waals surface area (Å²) in [7, 11) is 0.285. The summed E-state index contributed by atoms with van der Waals surface area (Å²) in [6, 6.07) is 4.06. The molecule has 0 atom stereocenters. The van der Waals surface area contributed by atoms with E-state index in [0.29, 0.717) is 0 Å². The third-order valence-electron chi connectivity index (χ3n) is 3.65. The Balaban J connectivity index is 4.41. The van der Waals surface area contributed by atoms with Crippen LogP contribution in [0.1, 0.15) is 59.3 Å². The van der Waals surface area contributed by atoms with Crippen molar-refractivity contribution in [1.82, 2.24) is 0 Å². The summed E-state index contributed by atoms with van der Waals surface area (Å²) in [5, 5.41) is 0. The third-order valence-corrected chi connectivity index (χ3v) is 8.26. The molecule has 0 saturated heterocycles. The maximum Gasteiger partial charge on any atom is 0.192 e. The first kappa shape index (κ1) is 18.1. The van der Waals surface area contributed by atoms with Gasteiger partial charge in [0, 0.05) is 7.11 Å². The number of hydrogen-bond donors (Lipinski definition) is 0. The molecule has 0 N–H and O–H groups in total. The molecule has 0 aliphatic rings. The van der Waals surface area contributed by atoms with Crippen molar-refractivity contribution in [3.05, 3.63) is 0 Å². The predicted molar refractivity (Wildman–Crippen MR) is 82.7 cm³/mol. The average molecular weight is 275 g/mol. The molecule has 0 rings (SSSR count). The van der Waals surface area contributed by atoms with Gasteiger partial charge in [-0.05, 0) is 18.1 Å². The summed E-state index contributed by atoms with van der Waals surface area (Å²) in [5.74, 6) is 0. The van der Waals surface area contributed by atoms with Crippen LogP contribution in [0.4, 0.5) is 0 Å². The van der Waals surface area contributed by atoms with Crippen LogP contribution in [-0.4, -0.2) is 28.6 Å². The molecular formula is C15H34O2Si. The molecule has 0 aliphatic carbocycles. The Kier molecular flexibility index (Phi) is 12.3. The van der Waals surface area contributed by atoms with Gasteiger partial charge in [0.05, 0.1) is 13.2 Å². The lowest BCUT2D eigenvalue weighted by Gasteiger charge is -2.32. The van der Waals surface area contributed by atoms with Gasteiger partial charge >= 0.3 is 0 Å². The Bertz CT molecular complexity index is 152. The molecule has 0 radical (unpaired) electrons. The number of hydrogen-bond acceptors (Lipinski definition) is 2. The van der Waals surface area contributed by atoms with E-state index in [2.05, 4.69) is 20.8 Å². The first-order valence-electron chi connectivity index (χ1n) is 7.87. The second kappa shape index (κ2) is 12.2. The van der Waals surface area contributed by atoms with Crippen LogP contribution in [0.15, 0.2) is 0 Å². The first-order chi connectivity index (χ1) is 8.74. The molecular weight excluding hydrogens is 240 g/mol. The van der Waals surface area contributed by atoms with Crippen LogP contribution in [0.25, 0.3) is 0 Å². The van der Waals surface area contributed by atoms with Crippen LogP contribution in [0, 0.1) is 0 Å². The van der Waals surface area contributed by atoms with Gasteiger partial charge < -0.3 is 9.16 Å². The summed E-state index contributed by atoms with van der Waals surface area (Å²) in [6.07, 6.45) is 7.90. The lowest BCUT2D eigenvalue weighted by Crippen LogP contribution is -2.39. The molecule has 110 valence electrons. The van der Waals surface area contributed by atoms with Crippen molar-refractivity contribution in [2.75, 3.05) is 20.3 Å². The topological polar surface area (TPSA) is 18.5 Å². The quantitative estimate of drug-likeness (QED) is 0.348. The van der Waals surface area contributed by atoms with E-state index in [9.17, 15) is 0 Å². The highest BCUT2D eigenvalue weighted by atomic mass is 28.4. The zero-order chi connectivity index (χ0) is 13.7. The highest BCUT2D eigenvalue weighted by Crippen LogP contribution is 2.29. The van der Waals surface area contributed by atoms with Gasteiger partial charge in [0.25, 0.3) is 0 Å². The summed E-state index contributed by atoms with van der Waals surface area (Å²) in [5.41, 5.74) is 0. The molecule has 2 nitrogen and oxygen atoms in total. The SMILES string of the molecule is CCCC[Si](CCCC)(CCCC)OCCOC. The monoisotopic (exact) mass is 274 g/mol. The van der Waals surface area contributed by atoms with Gasteiger partial charge in [0.1, 0.15) is 0 Å². The Morgan fingerprint density at radius 2 is 1.17 bits per heavy atom. The van der Waals surface area contributed by atoms with E-state index in [1.807, 2.05) is 0 Å². The zero-order valence-electron chi connectivity index (χ0n) is 13.1. The highest BCUT2D eigenvalue weighted by Gasteiger charge is 2.32. The fourth-order valence-electron chi connectivity index (χ4n) is 2.43.